The van der Waals surface area contributed by atoms with Crippen LogP contribution in [-0.4, -0.2) is 75.9 Å². The van der Waals surface area contributed by atoms with Crippen LogP contribution in [0.15, 0.2) is 60.7 Å². The zero-order valence-corrected chi connectivity index (χ0v) is 19.8. The first-order chi connectivity index (χ1) is 17.1. The van der Waals surface area contributed by atoms with Crippen LogP contribution >= 0.6 is 0 Å². The van der Waals surface area contributed by atoms with Crippen molar-refractivity contribution in [1.29, 1.82) is 0 Å². The van der Waals surface area contributed by atoms with Gasteiger partial charge in [-0.15, -0.1) is 0 Å². The average molecular weight is 501 g/mol. The molecule has 0 aromatic heterocycles. The number of carboxylic acids is 1. The summed E-state index contributed by atoms with van der Waals surface area (Å²) in [6.07, 6.45) is -1.13. The lowest BCUT2D eigenvalue weighted by molar-refractivity contribution is -0.143. The molecule has 8 N–H and O–H groups in total. The van der Waals surface area contributed by atoms with Crippen molar-refractivity contribution < 1.29 is 34.5 Å². The molecule has 0 fully saturated rings. The normalized spacial score (nSPS) is 15.0. The van der Waals surface area contributed by atoms with Crippen LogP contribution in [0.3, 0.4) is 0 Å². The van der Waals surface area contributed by atoms with E-state index in [0.29, 0.717) is 5.56 Å². The maximum atomic E-state index is 13.0. The predicted octanol–water partition coefficient (Wildman–Crippen LogP) is -1.29. The molecule has 0 saturated carbocycles. The fourth-order valence-electron chi connectivity index (χ4n) is 3.40. The molecule has 0 saturated heterocycles. The Morgan fingerprint density at radius 3 is 1.75 bits per heavy atom. The van der Waals surface area contributed by atoms with Gasteiger partial charge < -0.3 is 37.0 Å². The van der Waals surface area contributed by atoms with Crippen LogP contribution in [0.25, 0.3) is 0 Å². The summed E-state index contributed by atoms with van der Waals surface area (Å²) in [7, 11) is 0. The van der Waals surface area contributed by atoms with E-state index in [2.05, 4.69) is 16.0 Å². The number of amides is 3. The Morgan fingerprint density at radius 2 is 1.28 bits per heavy atom. The van der Waals surface area contributed by atoms with E-state index in [1.54, 1.807) is 54.6 Å². The molecule has 5 unspecified atom stereocenters. The van der Waals surface area contributed by atoms with Crippen LogP contribution in [0, 0.1) is 0 Å². The predicted molar refractivity (Wildman–Crippen MR) is 130 cm³/mol. The Balaban J connectivity index is 2.15. The number of carboxylic acid groups (broad SMARTS) is 1. The lowest BCUT2D eigenvalue weighted by Crippen LogP contribution is -2.60. The molecule has 2 rings (SSSR count). The summed E-state index contributed by atoms with van der Waals surface area (Å²) in [5, 5.41) is 35.6. The minimum atomic E-state index is -1.57. The molecule has 36 heavy (non-hydrogen) atoms. The molecule has 3 amide bonds. The molecule has 11 nitrogen and oxygen atoms in total. The molecule has 0 heterocycles. The van der Waals surface area contributed by atoms with Gasteiger partial charge in [0, 0.05) is 6.42 Å². The number of carbonyl (C=O) groups excluding carboxylic acids is 3. The van der Waals surface area contributed by atoms with E-state index in [4.69, 9.17) is 10.8 Å². The van der Waals surface area contributed by atoms with Crippen LogP contribution in [0.2, 0.25) is 0 Å². The minimum Gasteiger partial charge on any atom is -0.480 e. The number of rotatable bonds is 13. The Kier molecular flexibility index (Phi) is 11.0. The highest BCUT2D eigenvalue weighted by molar-refractivity contribution is 5.94. The fraction of sp³-hybridized carbons (Fsp3) is 0.360. The van der Waals surface area contributed by atoms with Gasteiger partial charge >= 0.3 is 5.97 Å². The third-order valence-electron chi connectivity index (χ3n) is 5.41. The van der Waals surface area contributed by atoms with E-state index in [1.165, 1.54) is 6.92 Å². The summed E-state index contributed by atoms with van der Waals surface area (Å²) in [5.74, 6) is -3.84. The van der Waals surface area contributed by atoms with E-state index >= 15 is 0 Å². The van der Waals surface area contributed by atoms with Gasteiger partial charge in [0.25, 0.3) is 0 Å². The molecule has 5 atom stereocenters. The first-order valence-corrected chi connectivity index (χ1v) is 11.4. The number of hydrogen-bond acceptors (Lipinski definition) is 7. The second-order valence-electron chi connectivity index (χ2n) is 8.36. The molecule has 2 aromatic rings. The third-order valence-corrected chi connectivity index (χ3v) is 5.41. The Bertz CT molecular complexity index is 1020. The van der Waals surface area contributed by atoms with E-state index in [9.17, 15) is 29.4 Å². The Hall–Kier alpha value is -3.80. The maximum Gasteiger partial charge on any atom is 0.328 e. The zero-order chi connectivity index (χ0) is 26.7. The van der Waals surface area contributed by atoms with Gasteiger partial charge in [-0.05, 0) is 24.5 Å². The molecule has 0 spiro atoms. The number of aliphatic carboxylic acids is 1. The lowest BCUT2D eigenvalue weighted by Gasteiger charge is -2.26. The number of nitrogens with two attached hydrogens (primary N) is 1. The molecule has 0 aliphatic carbocycles. The topological polar surface area (TPSA) is 191 Å². The van der Waals surface area contributed by atoms with Gasteiger partial charge in [0.15, 0.2) is 0 Å². The van der Waals surface area contributed by atoms with Crippen LogP contribution in [0.1, 0.15) is 18.1 Å². The average Bonchev–Trinajstić information content (AvgIpc) is 2.85. The van der Waals surface area contributed by atoms with E-state index in [-0.39, 0.29) is 12.8 Å². The van der Waals surface area contributed by atoms with Crippen molar-refractivity contribution in [2.45, 2.75) is 50.0 Å². The highest BCUT2D eigenvalue weighted by atomic mass is 16.4. The molecule has 11 heteroatoms. The third kappa shape index (κ3) is 8.77. The summed E-state index contributed by atoms with van der Waals surface area (Å²) >= 11 is 0. The number of aliphatic hydroxyl groups excluding tert-OH is 2. The monoisotopic (exact) mass is 500 g/mol. The van der Waals surface area contributed by atoms with Crippen LogP contribution < -0.4 is 21.7 Å². The lowest BCUT2D eigenvalue weighted by atomic mass is 10.0. The molecule has 194 valence electrons. The van der Waals surface area contributed by atoms with E-state index in [1.807, 2.05) is 6.07 Å². The highest BCUT2D eigenvalue weighted by Gasteiger charge is 2.32. The van der Waals surface area contributed by atoms with Crippen molar-refractivity contribution >= 4 is 23.7 Å². The van der Waals surface area contributed by atoms with Crippen molar-refractivity contribution in [3.05, 3.63) is 71.8 Å². The minimum absolute atomic E-state index is 0.00974. The molecular weight excluding hydrogens is 468 g/mol. The summed E-state index contributed by atoms with van der Waals surface area (Å²) in [6, 6.07) is 12.4. The number of nitrogens with one attached hydrogen (secondary N) is 3. The number of hydrogen-bond donors (Lipinski definition) is 7. The van der Waals surface area contributed by atoms with Gasteiger partial charge in [0.05, 0.1) is 18.8 Å². The van der Waals surface area contributed by atoms with Gasteiger partial charge in [-0.2, -0.15) is 0 Å². The second-order valence-corrected chi connectivity index (χ2v) is 8.36. The highest BCUT2D eigenvalue weighted by Crippen LogP contribution is 2.07. The number of carbonyl (C=O) groups is 4. The van der Waals surface area contributed by atoms with Gasteiger partial charge in [-0.25, -0.2) is 4.79 Å². The summed E-state index contributed by atoms with van der Waals surface area (Å²) < 4.78 is 0. The van der Waals surface area contributed by atoms with Gasteiger partial charge in [-0.3, -0.25) is 14.4 Å². The van der Waals surface area contributed by atoms with E-state index in [0.717, 1.165) is 5.56 Å². The van der Waals surface area contributed by atoms with Crippen LogP contribution in [-0.2, 0) is 32.0 Å². The quantitative estimate of drug-likeness (QED) is 0.177. The van der Waals surface area contributed by atoms with Gasteiger partial charge in [0.1, 0.15) is 18.1 Å². The van der Waals surface area contributed by atoms with Crippen molar-refractivity contribution in [1.82, 2.24) is 16.0 Å². The van der Waals surface area contributed by atoms with Crippen molar-refractivity contribution in [3.63, 3.8) is 0 Å². The second kappa shape index (κ2) is 13.9. The summed E-state index contributed by atoms with van der Waals surface area (Å²) in [6.45, 7) is 0.449. The summed E-state index contributed by atoms with van der Waals surface area (Å²) in [5.41, 5.74) is 7.46. The summed E-state index contributed by atoms with van der Waals surface area (Å²) in [4.78, 5) is 49.7. The maximum absolute atomic E-state index is 13.0. The first kappa shape index (κ1) is 28.4. The van der Waals surface area contributed by atoms with E-state index < -0.39 is 60.6 Å². The Labute approximate surface area is 208 Å². The number of benzene rings is 2. The Morgan fingerprint density at radius 1 is 0.778 bits per heavy atom. The molecule has 0 bridgehead atoms. The fourth-order valence-corrected chi connectivity index (χ4v) is 3.40. The molecule has 0 radical (unpaired) electrons. The first-order valence-electron chi connectivity index (χ1n) is 11.4. The zero-order valence-electron chi connectivity index (χ0n) is 19.8. The number of aliphatic hydroxyl groups is 2. The van der Waals surface area contributed by atoms with Crippen LogP contribution in [0.4, 0.5) is 0 Å². The molecule has 0 aliphatic rings. The molecule has 2 aromatic carbocycles. The van der Waals surface area contributed by atoms with Crippen molar-refractivity contribution in [3.8, 4) is 0 Å². The van der Waals surface area contributed by atoms with Crippen molar-refractivity contribution in [2.75, 3.05) is 6.61 Å². The SMILES string of the molecule is CC(O)C(NC(=O)C(N)Cc1ccccc1)C(=O)NC(Cc1ccccc1)C(=O)NC(CO)C(=O)O. The van der Waals surface area contributed by atoms with Gasteiger partial charge in [0.2, 0.25) is 17.7 Å². The van der Waals surface area contributed by atoms with Gasteiger partial charge in [-0.1, -0.05) is 60.7 Å². The molecule has 0 aliphatic heterocycles. The van der Waals surface area contributed by atoms with Crippen LogP contribution in [0.5, 0.6) is 0 Å². The standard InChI is InChI=1S/C25H32N4O7/c1-15(31)21(29-22(32)18(26)12-16-8-4-2-5-9-16)24(34)27-19(13-17-10-6-3-7-11-17)23(33)28-20(14-30)25(35)36/h2-11,15,18-21,30-31H,12-14,26H2,1H3,(H,27,34)(H,28,33)(H,29,32)(H,35,36). The largest absolute Gasteiger partial charge is 0.480 e. The smallest absolute Gasteiger partial charge is 0.328 e. The molecular formula is C25H32N4O7. The van der Waals surface area contributed by atoms with Crippen molar-refractivity contribution in [2.24, 2.45) is 5.73 Å².